The second-order valence-electron chi connectivity index (χ2n) is 5.87. The Balaban J connectivity index is 1.62. The number of amides is 1. The van der Waals surface area contributed by atoms with Crippen molar-refractivity contribution in [2.75, 3.05) is 20.3 Å². The predicted octanol–water partition coefficient (Wildman–Crippen LogP) is 2.79. The fourth-order valence-electron chi connectivity index (χ4n) is 2.76. The topological polar surface area (TPSA) is 55.8 Å². The third-order valence-electron chi connectivity index (χ3n) is 4.19. The summed E-state index contributed by atoms with van der Waals surface area (Å²) in [7, 11) is 1.80. The third-order valence-corrected chi connectivity index (χ3v) is 4.19. The minimum atomic E-state index is -0.411. The van der Waals surface area contributed by atoms with E-state index in [9.17, 15) is 9.59 Å². The molecule has 0 bridgehead atoms. The van der Waals surface area contributed by atoms with Gasteiger partial charge in [-0.3, -0.25) is 9.59 Å². The van der Waals surface area contributed by atoms with Crippen LogP contribution in [0, 0.1) is 0 Å². The van der Waals surface area contributed by atoms with Crippen LogP contribution < -0.4 is 4.74 Å². The number of hydrogen-bond acceptors (Lipinski definition) is 4. The van der Waals surface area contributed by atoms with Gasteiger partial charge in [0.1, 0.15) is 5.75 Å². The predicted molar refractivity (Wildman–Crippen MR) is 87.2 cm³/mol. The van der Waals surface area contributed by atoms with E-state index in [-0.39, 0.29) is 31.6 Å². The van der Waals surface area contributed by atoms with Gasteiger partial charge < -0.3 is 14.4 Å². The monoisotopic (exact) mass is 319 g/mol. The number of likely N-dealkylation sites (N-methyl/N-ethyl adjacent to an activating group) is 1. The Morgan fingerprint density at radius 2 is 1.83 bits per heavy atom. The molecule has 126 valence electrons. The van der Waals surface area contributed by atoms with Crippen LogP contribution in [0.5, 0.6) is 5.75 Å². The van der Waals surface area contributed by atoms with Gasteiger partial charge in [0.25, 0.3) is 5.91 Å². The van der Waals surface area contributed by atoms with Crippen LogP contribution in [0.25, 0.3) is 0 Å². The van der Waals surface area contributed by atoms with Gasteiger partial charge in [-0.25, -0.2) is 0 Å². The average molecular weight is 319 g/mol. The smallest absolute Gasteiger partial charge is 0.309 e. The van der Waals surface area contributed by atoms with Gasteiger partial charge >= 0.3 is 5.97 Å². The summed E-state index contributed by atoms with van der Waals surface area (Å²) in [5.74, 6) is 0.175. The van der Waals surface area contributed by atoms with Crippen molar-refractivity contribution >= 4 is 11.9 Å². The minimum Gasteiger partial charge on any atom is -0.493 e. The fourth-order valence-corrected chi connectivity index (χ4v) is 2.76. The van der Waals surface area contributed by atoms with E-state index in [1.165, 1.54) is 19.3 Å². The van der Waals surface area contributed by atoms with Crippen LogP contribution in [-0.4, -0.2) is 43.1 Å². The standard InChI is InChI=1S/C18H25NO4/c1-19(15-8-4-2-5-9-15)17(20)14-23-18(21)12-13-22-16-10-6-3-7-11-16/h3,6-7,10-11,15H,2,4-5,8-9,12-14H2,1H3. The molecule has 1 saturated carbocycles. The van der Waals surface area contributed by atoms with Gasteiger partial charge in [0.2, 0.25) is 0 Å². The Hall–Kier alpha value is -2.04. The van der Waals surface area contributed by atoms with Crippen LogP contribution in [0.4, 0.5) is 0 Å². The highest BCUT2D eigenvalue weighted by Gasteiger charge is 2.22. The Kier molecular flexibility index (Phi) is 6.91. The van der Waals surface area contributed by atoms with Gasteiger partial charge in [0.15, 0.2) is 6.61 Å². The van der Waals surface area contributed by atoms with E-state index in [1.807, 2.05) is 30.3 Å². The van der Waals surface area contributed by atoms with Crippen molar-refractivity contribution in [3.8, 4) is 5.75 Å². The van der Waals surface area contributed by atoms with Crippen LogP contribution in [0.3, 0.4) is 0 Å². The largest absolute Gasteiger partial charge is 0.493 e. The molecular formula is C18H25NO4. The molecule has 1 fully saturated rings. The quantitative estimate of drug-likeness (QED) is 0.725. The lowest BCUT2D eigenvalue weighted by molar-refractivity contribution is -0.153. The van der Waals surface area contributed by atoms with Crippen molar-refractivity contribution in [3.05, 3.63) is 30.3 Å². The highest BCUT2D eigenvalue weighted by molar-refractivity contribution is 5.80. The normalized spacial score (nSPS) is 15.0. The molecule has 0 unspecified atom stereocenters. The summed E-state index contributed by atoms with van der Waals surface area (Å²) in [4.78, 5) is 25.5. The van der Waals surface area contributed by atoms with E-state index >= 15 is 0 Å². The summed E-state index contributed by atoms with van der Waals surface area (Å²) >= 11 is 0. The molecule has 0 aliphatic heterocycles. The van der Waals surface area contributed by atoms with Crippen molar-refractivity contribution in [2.24, 2.45) is 0 Å². The minimum absolute atomic E-state index is 0.130. The number of carbonyl (C=O) groups is 2. The molecule has 5 heteroatoms. The first kappa shape index (κ1) is 17.3. The Labute approximate surface area is 137 Å². The summed E-state index contributed by atoms with van der Waals surface area (Å²) in [5.41, 5.74) is 0. The number of esters is 1. The zero-order valence-electron chi connectivity index (χ0n) is 13.7. The Morgan fingerprint density at radius 1 is 1.13 bits per heavy atom. The second kappa shape index (κ2) is 9.18. The van der Waals surface area contributed by atoms with Crippen LogP contribution in [0.15, 0.2) is 30.3 Å². The molecule has 1 aromatic rings. The summed E-state index contributed by atoms with van der Waals surface area (Å²) in [6.07, 6.45) is 5.80. The number of benzene rings is 1. The van der Waals surface area contributed by atoms with Crippen molar-refractivity contribution in [2.45, 2.75) is 44.6 Å². The summed E-state index contributed by atoms with van der Waals surface area (Å²) in [5, 5.41) is 0. The van der Waals surface area contributed by atoms with E-state index in [0.717, 1.165) is 12.8 Å². The number of hydrogen-bond donors (Lipinski definition) is 0. The second-order valence-corrected chi connectivity index (χ2v) is 5.87. The highest BCUT2D eigenvalue weighted by atomic mass is 16.5. The average Bonchev–Trinajstić information content (AvgIpc) is 2.60. The molecule has 1 aliphatic carbocycles. The van der Waals surface area contributed by atoms with Crippen molar-refractivity contribution in [3.63, 3.8) is 0 Å². The van der Waals surface area contributed by atoms with Gasteiger partial charge in [-0.05, 0) is 25.0 Å². The van der Waals surface area contributed by atoms with E-state index in [2.05, 4.69) is 0 Å². The van der Waals surface area contributed by atoms with Gasteiger partial charge in [0.05, 0.1) is 13.0 Å². The first-order valence-electron chi connectivity index (χ1n) is 8.26. The van der Waals surface area contributed by atoms with Gasteiger partial charge in [-0.1, -0.05) is 37.5 Å². The lowest BCUT2D eigenvalue weighted by Crippen LogP contribution is -2.40. The highest BCUT2D eigenvalue weighted by Crippen LogP contribution is 2.21. The zero-order valence-corrected chi connectivity index (χ0v) is 13.7. The Morgan fingerprint density at radius 3 is 2.52 bits per heavy atom. The van der Waals surface area contributed by atoms with Crippen molar-refractivity contribution in [1.29, 1.82) is 0 Å². The van der Waals surface area contributed by atoms with E-state index < -0.39 is 5.97 Å². The van der Waals surface area contributed by atoms with Gasteiger partial charge in [-0.15, -0.1) is 0 Å². The van der Waals surface area contributed by atoms with Crippen molar-refractivity contribution in [1.82, 2.24) is 4.90 Å². The summed E-state index contributed by atoms with van der Waals surface area (Å²) in [6, 6.07) is 9.58. The lowest BCUT2D eigenvalue weighted by atomic mass is 9.94. The maximum absolute atomic E-state index is 12.1. The summed E-state index contributed by atoms with van der Waals surface area (Å²) < 4.78 is 10.5. The zero-order chi connectivity index (χ0) is 16.5. The fraction of sp³-hybridized carbons (Fsp3) is 0.556. The number of nitrogens with zero attached hydrogens (tertiary/aromatic N) is 1. The van der Waals surface area contributed by atoms with E-state index in [0.29, 0.717) is 5.75 Å². The molecule has 1 amide bonds. The number of para-hydroxylation sites is 1. The summed E-state index contributed by atoms with van der Waals surface area (Å²) in [6.45, 7) is 0.0622. The molecule has 0 saturated heterocycles. The number of carbonyl (C=O) groups excluding carboxylic acids is 2. The first-order valence-corrected chi connectivity index (χ1v) is 8.26. The molecule has 2 rings (SSSR count). The Bertz CT molecular complexity index is 497. The molecule has 0 aromatic heterocycles. The van der Waals surface area contributed by atoms with Crippen LogP contribution in [0.2, 0.25) is 0 Å². The molecule has 1 aliphatic rings. The maximum atomic E-state index is 12.1. The number of ether oxygens (including phenoxy) is 2. The molecule has 0 N–H and O–H groups in total. The maximum Gasteiger partial charge on any atom is 0.309 e. The molecule has 0 heterocycles. The molecule has 1 aromatic carbocycles. The number of rotatable bonds is 7. The van der Waals surface area contributed by atoms with Crippen molar-refractivity contribution < 1.29 is 19.1 Å². The van der Waals surface area contributed by atoms with Gasteiger partial charge in [0, 0.05) is 13.1 Å². The van der Waals surface area contributed by atoms with E-state index in [1.54, 1.807) is 11.9 Å². The van der Waals surface area contributed by atoms with Crippen LogP contribution >= 0.6 is 0 Å². The van der Waals surface area contributed by atoms with E-state index in [4.69, 9.17) is 9.47 Å². The molecule has 5 nitrogen and oxygen atoms in total. The third kappa shape index (κ3) is 5.93. The lowest BCUT2D eigenvalue weighted by Gasteiger charge is -2.31. The SMILES string of the molecule is CN(C(=O)COC(=O)CCOc1ccccc1)C1CCCCC1. The molecule has 23 heavy (non-hydrogen) atoms. The first-order chi connectivity index (χ1) is 11.2. The molecule has 0 radical (unpaired) electrons. The van der Waals surface area contributed by atoms with Crippen LogP contribution in [-0.2, 0) is 14.3 Å². The molecule has 0 spiro atoms. The molecule has 0 atom stereocenters. The van der Waals surface area contributed by atoms with Crippen LogP contribution in [0.1, 0.15) is 38.5 Å². The molecular weight excluding hydrogens is 294 g/mol. The van der Waals surface area contributed by atoms with Gasteiger partial charge in [-0.2, -0.15) is 0 Å².